The Bertz CT molecular complexity index is 1720. The van der Waals surface area contributed by atoms with Crippen molar-refractivity contribution in [1.82, 2.24) is 30.1 Å². The quantitative estimate of drug-likeness (QED) is 0.354. The standard InChI is InChI=1S/C26H19F2N7/c1-35(2)18-9-16(12-29-13-18)15-10-19-23(20(28)11-15)33-34-24(19)26-31-21-6-7-30-22(25(21)32-26)14-4-3-5-17(27)8-14/h3-13H,1-2H3,(H,31,32)(H,33,34). The Morgan fingerprint density at radius 1 is 0.886 bits per heavy atom. The van der Waals surface area contributed by atoms with Crippen LogP contribution < -0.4 is 4.90 Å². The van der Waals surface area contributed by atoms with Gasteiger partial charge < -0.3 is 9.88 Å². The number of H-pyrrole nitrogens is 2. The number of nitrogens with one attached hydrogen (secondary N) is 2. The number of halogens is 2. The van der Waals surface area contributed by atoms with E-state index in [0.717, 1.165) is 16.8 Å². The molecule has 0 aliphatic heterocycles. The van der Waals surface area contributed by atoms with Crippen LogP contribution in [0, 0.1) is 11.6 Å². The second-order valence-corrected chi connectivity index (χ2v) is 8.43. The number of nitrogens with zero attached hydrogens (tertiary/aromatic N) is 5. The van der Waals surface area contributed by atoms with Gasteiger partial charge in [-0.25, -0.2) is 13.8 Å². The maximum Gasteiger partial charge on any atom is 0.157 e. The highest BCUT2D eigenvalue weighted by atomic mass is 19.1. The third-order valence-corrected chi connectivity index (χ3v) is 5.92. The lowest BCUT2D eigenvalue weighted by atomic mass is 10.0. The summed E-state index contributed by atoms with van der Waals surface area (Å²) in [4.78, 5) is 18.6. The number of benzene rings is 2. The van der Waals surface area contributed by atoms with E-state index in [9.17, 15) is 4.39 Å². The van der Waals surface area contributed by atoms with E-state index in [0.29, 0.717) is 39.2 Å². The van der Waals surface area contributed by atoms with Crippen LogP contribution in [0.25, 0.3) is 55.8 Å². The minimum Gasteiger partial charge on any atom is -0.376 e. The van der Waals surface area contributed by atoms with Crippen LogP contribution in [0.3, 0.4) is 0 Å². The van der Waals surface area contributed by atoms with E-state index < -0.39 is 5.82 Å². The Balaban J connectivity index is 1.51. The van der Waals surface area contributed by atoms with Gasteiger partial charge in [-0.05, 0) is 42.0 Å². The predicted octanol–water partition coefficient (Wildman–Crippen LogP) is 5.57. The lowest BCUT2D eigenvalue weighted by Gasteiger charge is -2.13. The topological polar surface area (TPSA) is 86.4 Å². The summed E-state index contributed by atoms with van der Waals surface area (Å²) in [7, 11) is 3.85. The molecule has 0 amide bonds. The fourth-order valence-electron chi connectivity index (χ4n) is 4.15. The molecular formula is C26H19F2N7. The van der Waals surface area contributed by atoms with E-state index in [1.54, 1.807) is 36.8 Å². The van der Waals surface area contributed by atoms with Crippen molar-refractivity contribution in [3.05, 3.63) is 78.8 Å². The highest BCUT2D eigenvalue weighted by Gasteiger charge is 2.18. The summed E-state index contributed by atoms with van der Waals surface area (Å²) in [5, 5.41) is 7.69. The lowest BCUT2D eigenvalue weighted by Crippen LogP contribution is -2.08. The second-order valence-electron chi connectivity index (χ2n) is 8.43. The zero-order valence-corrected chi connectivity index (χ0v) is 18.8. The Labute approximate surface area is 198 Å². The van der Waals surface area contributed by atoms with E-state index in [2.05, 4.69) is 25.1 Å². The molecule has 172 valence electrons. The number of hydrogen-bond acceptors (Lipinski definition) is 5. The molecule has 0 saturated carbocycles. The predicted molar refractivity (Wildman–Crippen MR) is 132 cm³/mol. The van der Waals surface area contributed by atoms with Crippen LogP contribution in [-0.4, -0.2) is 44.2 Å². The number of rotatable bonds is 4. The maximum atomic E-state index is 15.1. The minimum atomic E-state index is -0.450. The van der Waals surface area contributed by atoms with Gasteiger partial charge in [0, 0.05) is 43.0 Å². The molecule has 0 unspecified atom stereocenters. The normalized spacial score (nSPS) is 11.4. The number of hydrogen-bond donors (Lipinski definition) is 2. The summed E-state index contributed by atoms with van der Waals surface area (Å²) in [5.74, 6) is -0.328. The first-order valence-electron chi connectivity index (χ1n) is 10.9. The lowest BCUT2D eigenvalue weighted by molar-refractivity contribution is 0.628. The van der Waals surface area contributed by atoms with E-state index in [1.165, 1.54) is 18.2 Å². The van der Waals surface area contributed by atoms with E-state index in [1.807, 2.05) is 31.1 Å². The van der Waals surface area contributed by atoms with E-state index in [-0.39, 0.29) is 11.3 Å². The van der Waals surface area contributed by atoms with Gasteiger partial charge in [0.15, 0.2) is 11.6 Å². The third-order valence-electron chi connectivity index (χ3n) is 5.92. The van der Waals surface area contributed by atoms with Gasteiger partial charge in [-0.15, -0.1) is 0 Å². The first-order chi connectivity index (χ1) is 17.0. The minimum absolute atomic E-state index is 0.212. The number of aromatic amines is 2. The largest absolute Gasteiger partial charge is 0.376 e. The number of fused-ring (bicyclic) bond motifs is 2. The first kappa shape index (κ1) is 20.9. The monoisotopic (exact) mass is 467 g/mol. The summed E-state index contributed by atoms with van der Waals surface area (Å²) in [6.07, 6.45) is 5.09. The van der Waals surface area contributed by atoms with Crippen LogP contribution in [0.15, 0.2) is 67.1 Å². The zero-order chi connectivity index (χ0) is 24.1. The molecule has 0 aliphatic rings. The molecule has 0 saturated heterocycles. The van der Waals surface area contributed by atoms with Gasteiger partial charge in [0.1, 0.15) is 22.5 Å². The highest BCUT2D eigenvalue weighted by molar-refractivity contribution is 5.97. The van der Waals surface area contributed by atoms with Crippen molar-refractivity contribution in [3.8, 4) is 33.9 Å². The van der Waals surface area contributed by atoms with Crippen molar-refractivity contribution in [3.63, 3.8) is 0 Å². The molecular weight excluding hydrogens is 448 g/mol. The Hall–Kier alpha value is -4.66. The molecule has 0 atom stereocenters. The van der Waals surface area contributed by atoms with Crippen molar-refractivity contribution in [2.75, 3.05) is 19.0 Å². The summed E-state index contributed by atoms with van der Waals surface area (Å²) in [6, 6.07) is 13.3. The molecule has 7 nitrogen and oxygen atoms in total. The van der Waals surface area contributed by atoms with Gasteiger partial charge in [0.2, 0.25) is 0 Å². The number of imidazole rings is 1. The third kappa shape index (κ3) is 3.57. The van der Waals surface area contributed by atoms with Crippen LogP contribution in [-0.2, 0) is 0 Å². The van der Waals surface area contributed by atoms with Gasteiger partial charge in [0.05, 0.1) is 23.1 Å². The zero-order valence-electron chi connectivity index (χ0n) is 18.8. The Morgan fingerprint density at radius 3 is 2.60 bits per heavy atom. The molecule has 0 bridgehead atoms. The van der Waals surface area contributed by atoms with Crippen molar-refractivity contribution in [2.24, 2.45) is 0 Å². The number of anilines is 1. The maximum absolute atomic E-state index is 15.1. The molecule has 6 aromatic rings. The molecule has 0 radical (unpaired) electrons. The van der Waals surface area contributed by atoms with Crippen LogP contribution >= 0.6 is 0 Å². The molecule has 0 aliphatic carbocycles. The molecule has 6 rings (SSSR count). The first-order valence-corrected chi connectivity index (χ1v) is 10.9. The van der Waals surface area contributed by atoms with Crippen LogP contribution in [0.5, 0.6) is 0 Å². The molecule has 0 fully saturated rings. The average Bonchev–Trinajstić information content (AvgIpc) is 3.48. The summed E-state index contributed by atoms with van der Waals surface area (Å²) >= 11 is 0. The van der Waals surface area contributed by atoms with Crippen LogP contribution in [0.2, 0.25) is 0 Å². The van der Waals surface area contributed by atoms with Crippen molar-refractivity contribution < 1.29 is 8.78 Å². The smallest absolute Gasteiger partial charge is 0.157 e. The molecule has 2 aromatic carbocycles. The SMILES string of the molecule is CN(C)c1cncc(-c2cc(F)c3n[nH]c(-c4nc5c(-c6cccc(F)c6)nccc5[nH]4)c3c2)c1. The Morgan fingerprint density at radius 2 is 1.77 bits per heavy atom. The molecule has 4 heterocycles. The molecule has 0 spiro atoms. The van der Waals surface area contributed by atoms with Gasteiger partial charge in [-0.1, -0.05) is 12.1 Å². The van der Waals surface area contributed by atoms with Crippen molar-refractivity contribution in [1.29, 1.82) is 0 Å². The molecule has 2 N–H and O–H groups in total. The van der Waals surface area contributed by atoms with Crippen molar-refractivity contribution >= 4 is 27.6 Å². The summed E-state index contributed by atoms with van der Waals surface area (Å²) < 4.78 is 28.9. The van der Waals surface area contributed by atoms with Crippen molar-refractivity contribution in [2.45, 2.75) is 0 Å². The summed E-state index contributed by atoms with van der Waals surface area (Å²) in [6.45, 7) is 0. The Kier molecular flexibility index (Phi) is 4.77. The fourth-order valence-corrected chi connectivity index (χ4v) is 4.15. The molecule has 9 heteroatoms. The fraction of sp³-hybridized carbons (Fsp3) is 0.0769. The molecule has 4 aromatic heterocycles. The van der Waals surface area contributed by atoms with E-state index >= 15 is 4.39 Å². The average molecular weight is 467 g/mol. The van der Waals surface area contributed by atoms with Crippen LogP contribution in [0.4, 0.5) is 14.5 Å². The number of aromatic nitrogens is 6. The van der Waals surface area contributed by atoms with Gasteiger partial charge >= 0.3 is 0 Å². The van der Waals surface area contributed by atoms with Crippen LogP contribution in [0.1, 0.15) is 0 Å². The number of pyridine rings is 2. The highest BCUT2D eigenvalue weighted by Crippen LogP contribution is 2.34. The second kappa shape index (κ2) is 7.98. The van der Waals surface area contributed by atoms with E-state index in [4.69, 9.17) is 4.98 Å². The van der Waals surface area contributed by atoms with Gasteiger partial charge in [-0.3, -0.25) is 15.1 Å². The summed E-state index contributed by atoms with van der Waals surface area (Å²) in [5.41, 5.74) is 5.58. The van der Waals surface area contributed by atoms with Gasteiger partial charge in [0.25, 0.3) is 0 Å². The molecule has 35 heavy (non-hydrogen) atoms. The van der Waals surface area contributed by atoms with Gasteiger partial charge in [-0.2, -0.15) is 5.10 Å².